The average Bonchev–Trinajstić information content (AvgIpc) is 2.34. The molecule has 0 spiro atoms. The first-order valence-electron chi connectivity index (χ1n) is 5.66. The monoisotopic (exact) mass is 296 g/mol. The predicted octanol–water partition coefficient (Wildman–Crippen LogP) is 4.16. The number of halogens is 5. The molecule has 1 rings (SSSR count). The van der Waals surface area contributed by atoms with Gasteiger partial charge in [-0.1, -0.05) is 24.3 Å². The van der Waals surface area contributed by atoms with E-state index in [1.165, 1.54) is 31.2 Å². The third-order valence-electron chi connectivity index (χ3n) is 2.83. The van der Waals surface area contributed by atoms with E-state index in [1.807, 2.05) is 0 Å². The fourth-order valence-corrected chi connectivity index (χ4v) is 1.62. The summed E-state index contributed by atoms with van der Waals surface area (Å²) in [7, 11) is 1.05. The van der Waals surface area contributed by atoms with Crippen LogP contribution in [-0.2, 0) is 4.74 Å². The molecule has 1 unspecified atom stereocenters. The number of carbonyl (C=O) groups is 1. The summed E-state index contributed by atoms with van der Waals surface area (Å²) >= 11 is 0. The zero-order valence-corrected chi connectivity index (χ0v) is 10.8. The molecule has 0 bridgehead atoms. The van der Waals surface area contributed by atoms with Crippen LogP contribution in [0.4, 0.5) is 22.0 Å². The lowest BCUT2D eigenvalue weighted by atomic mass is 10.00. The Balaban J connectivity index is 2.94. The normalized spacial score (nSPS) is 14.2. The van der Waals surface area contributed by atoms with E-state index in [4.69, 9.17) is 4.74 Å². The summed E-state index contributed by atoms with van der Waals surface area (Å²) in [5.74, 6) is -5.07. The molecule has 0 aliphatic heterocycles. The van der Waals surface area contributed by atoms with Crippen LogP contribution in [0.3, 0.4) is 0 Å². The molecule has 1 aromatic carbocycles. The van der Waals surface area contributed by atoms with Crippen molar-refractivity contribution in [3.05, 3.63) is 35.4 Å². The Morgan fingerprint density at radius 3 is 2.00 bits per heavy atom. The summed E-state index contributed by atoms with van der Waals surface area (Å²) in [6, 6.07) is 5.32. The molecular formula is C13H13F5O2. The Morgan fingerprint density at radius 1 is 1.15 bits per heavy atom. The Labute approximate surface area is 112 Å². The van der Waals surface area contributed by atoms with Crippen LogP contribution in [0.1, 0.15) is 35.4 Å². The van der Waals surface area contributed by atoms with Crippen molar-refractivity contribution >= 4 is 5.78 Å². The maximum Gasteiger partial charge on any atom is 0.453 e. The first-order chi connectivity index (χ1) is 9.08. The van der Waals surface area contributed by atoms with Gasteiger partial charge in [0.25, 0.3) is 0 Å². The lowest BCUT2D eigenvalue weighted by Crippen LogP contribution is -2.38. The van der Waals surface area contributed by atoms with Crippen molar-refractivity contribution in [3.8, 4) is 0 Å². The number of carbonyl (C=O) groups excluding carboxylic acids is 1. The van der Waals surface area contributed by atoms with E-state index in [1.54, 1.807) is 0 Å². The van der Waals surface area contributed by atoms with Crippen LogP contribution in [0.5, 0.6) is 0 Å². The van der Waals surface area contributed by atoms with Crippen molar-refractivity contribution in [1.82, 2.24) is 0 Å². The molecule has 2 nitrogen and oxygen atoms in total. The van der Waals surface area contributed by atoms with Gasteiger partial charge in [0.1, 0.15) is 0 Å². The topological polar surface area (TPSA) is 26.3 Å². The Kier molecular flexibility index (Phi) is 4.86. The molecular weight excluding hydrogens is 283 g/mol. The van der Waals surface area contributed by atoms with Gasteiger partial charge in [0.05, 0.1) is 12.5 Å². The second kappa shape index (κ2) is 5.87. The molecule has 20 heavy (non-hydrogen) atoms. The number of hydrogen-bond acceptors (Lipinski definition) is 2. The Morgan fingerprint density at radius 2 is 1.65 bits per heavy atom. The standard InChI is InChI=1S/C13H13F5O2/c1-8(19)9-3-5-10(6-4-9)11(20-2)7-12(14,15)13(16,17)18/h3-6,11H,7H2,1-2H3. The molecule has 1 aromatic rings. The van der Waals surface area contributed by atoms with Gasteiger partial charge < -0.3 is 4.74 Å². The summed E-state index contributed by atoms with van der Waals surface area (Å²) in [4.78, 5) is 11.1. The van der Waals surface area contributed by atoms with Crippen molar-refractivity contribution in [2.75, 3.05) is 7.11 Å². The van der Waals surface area contributed by atoms with Gasteiger partial charge in [-0.2, -0.15) is 22.0 Å². The fraction of sp³-hybridized carbons (Fsp3) is 0.462. The van der Waals surface area contributed by atoms with E-state index < -0.39 is 24.6 Å². The molecule has 0 amide bonds. The van der Waals surface area contributed by atoms with Crippen molar-refractivity contribution in [2.24, 2.45) is 0 Å². The third-order valence-corrected chi connectivity index (χ3v) is 2.83. The molecule has 112 valence electrons. The lowest BCUT2D eigenvalue weighted by molar-refractivity contribution is -0.291. The van der Waals surface area contributed by atoms with Crippen molar-refractivity contribution in [2.45, 2.75) is 31.5 Å². The van der Waals surface area contributed by atoms with Crippen LogP contribution >= 0.6 is 0 Å². The van der Waals surface area contributed by atoms with Gasteiger partial charge in [-0.25, -0.2) is 0 Å². The second-order valence-corrected chi connectivity index (χ2v) is 4.31. The number of rotatable bonds is 5. The molecule has 7 heteroatoms. The molecule has 0 heterocycles. The van der Waals surface area contributed by atoms with Gasteiger partial charge in [0.15, 0.2) is 5.78 Å². The molecule has 0 N–H and O–H groups in total. The third kappa shape index (κ3) is 3.75. The van der Waals surface area contributed by atoms with E-state index in [0.29, 0.717) is 5.56 Å². The van der Waals surface area contributed by atoms with Crippen LogP contribution in [0.25, 0.3) is 0 Å². The molecule has 0 saturated heterocycles. The van der Waals surface area contributed by atoms with Crippen LogP contribution in [0, 0.1) is 0 Å². The smallest absolute Gasteiger partial charge is 0.377 e. The zero-order valence-electron chi connectivity index (χ0n) is 10.8. The zero-order chi connectivity index (χ0) is 15.6. The number of ketones is 1. The van der Waals surface area contributed by atoms with E-state index in [9.17, 15) is 26.7 Å². The quantitative estimate of drug-likeness (QED) is 0.602. The highest BCUT2D eigenvalue weighted by molar-refractivity contribution is 5.94. The van der Waals surface area contributed by atoms with Gasteiger partial charge >= 0.3 is 12.1 Å². The summed E-state index contributed by atoms with van der Waals surface area (Å²) in [6.45, 7) is 1.32. The minimum absolute atomic E-state index is 0.154. The number of ether oxygens (including phenoxy) is 1. The average molecular weight is 296 g/mol. The van der Waals surface area contributed by atoms with Crippen LogP contribution in [0.2, 0.25) is 0 Å². The van der Waals surface area contributed by atoms with Crippen LogP contribution in [-0.4, -0.2) is 25.0 Å². The fourth-order valence-electron chi connectivity index (χ4n) is 1.62. The molecule has 0 fully saturated rings. The summed E-state index contributed by atoms with van der Waals surface area (Å²) in [6.07, 6.45) is -8.54. The van der Waals surface area contributed by atoms with E-state index in [2.05, 4.69) is 0 Å². The van der Waals surface area contributed by atoms with Gasteiger partial charge in [0, 0.05) is 12.7 Å². The van der Waals surface area contributed by atoms with Gasteiger partial charge in [-0.05, 0) is 12.5 Å². The molecule has 0 radical (unpaired) electrons. The summed E-state index contributed by atoms with van der Waals surface area (Å²) in [5.41, 5.74) is 0.493. The Hall–Kier alpha value is -1.50. The van der Waals surface area contributed by atoms with Crippen molar-refractivity contribution in [3.63, 3.8) is 0 Å². The van der Waals surface area contributed by atoms with Gasteiger partial charge in [-0.3, -0.25) is 4.79 Å². The SMILES string of the molecule is COC(CC(F)(F)C(F)(F)F)c1ccc(C(C)=O)cc1. The maximum atomic E-state index is 13.0. The second-order valence-electron chi connectivity index (χ2n) is 4.31. The van der Waals surface area contributed by atoms with E-state index >= 15 is 0 Å². The molecule has 1 atom stereocenters. The van der Waals surface area contributed by atoms with E-state index in [-0.39, 0.29) is 11.3 Å². The lowest BCUT2D eigenvalue weighted by Gasteiger charge is -2.24. The van der Waals surface area contributed by atoms with E-state index in [0.717, 1.165) is 7.11 Å². The number of methoxy groups -OCH3 is 1. The summed E-state index contributed by atoms with van der Waals surface area (Å²) < 4.78 is 67.2. The molecule has 0 aliphatic rings. The van der Waals surface area contributed by atoms with Crippen molar-refractivity contribution in [1.29, 1.82) is 0 Å². The highest BCUT2D eigenvalue weighted by atomic mass is 19.4. The van der Waals surface area contributed by atoms with Crippen LogP contribution < -0.4 is 0 Å². The van der Waals surface area contributed by atoms with Gasteiger partial charge in [-0.15, -0.1) is 0 Å². The molecule has 0 aromatic heterocycles. The number of benzene rings is 1. The highest BCUT2D eigenvalue weighted by Gasteiger charge is 2.58. The first kappa shape index (κ1) is 16.6. The maximum absolute atomic E-state index is 13.0. The van der Waals surface area contributed by atoms with Crippen molar-refractivity contribution < 1.29 is 31.5 Å². The number of hydrogen-bond donors (Lipinski definition) is 0. The largest absolute Gasteiger partial charge is 0.453 e. The minimum Gasteiger partial charge on any atom is -0.377 e. The molecule has 0 saturated carbocycles. The Bertz CT molecular complexity index is 465. The number of Topliss-reactive ketones (excluding diaryl/α,β-unsaturated/α-hetero) is 1. The first-order valence-corrected chi connectivity index (χ1v) is 5.66. The number of alkyl halides is 5. The minimum atomic E-state index is -5.62. The summed E-state index contributed by atoms with van der Waals surface area (Å²) in [5, 5.41) is 0. The molecule has 0 aliphatic carbocycles. The predicted molar refractivity (Wildman–Crippen MR) is 61.8 cm³/mol. The highest BCUT2D eigenvalue weighted by Crippen LogP contribution is 2.42. The van der Waals surface area contributed by atoms with Crippen LogP contribution in [0.15, 0.2) is 24.3 Å². The van der Waals surface area contributed by atoms with Gasteiger partial charge in [0.2, 0.25) is 0 Å².